The molecule has 0 aromatic carbocycles. The van der Waals surface area contributed by atoms with Gasteiger partial charge >= 0.3 is 0 Å². The van der Waals surface area contributed by atoms with E-state index >= 15 is 0 Å². The fourth-order valence-corrected chi connectivity index (χ4v) is 4.97. The molecule has 2 rings (SSSR count). The number of sulfone groups is 1. The molecule has 1 unspecified atom stereocenters. The summed E-state index contributed by atoms with van der Waals surface area (Å²) in [5.41, 5.74) is 0. The third kappa shape index (κ3) is 5.21. The van der Waals surface area contributed by atoms with E-state index in [-0.39, 0.29) is 29.8 Å². The molecule has 0 aromatic heterocycles. The van der Waals surface area contributed by atoms with Crippen molar-refractivity contribution in [3.05, 3.63) is 0 Å². The molecule has 1 atom stereocenters. The number of carbonyl (C=O) groups is 1. The molecule has 128 valence electrons. The first-order valence-electron chi connectivity index (χ1n) is 8.30. The number of hydrogen-bond acceptors (Lipinski definition) is 5. The highest BCUT2D eigenvalue weighted by atomic mass is 32.2. The molecule has 0 radical (unpaired) electrons. The van der Waals surface area contributed by atoms with Crippen molar-refractivity contribution >= 4 is 15.7 Å². The van der Waals surface area contributed by atoms with Crippen molar-refractivity contribution in [3.63, 3.8) is 0 Å². The minimum Gasteiger partial charge on any atom is -0.341 e. The van der Waals surface area contributed by atoms with Crippen molar-refractivity contribution in [2.24, 2.45) is 5.92 Å². The van der Waals surface area contributed by atoms with Crippen LogP contribution in [0.2, 0.25) is 0 Å². The van der Waals surface area contributed by atoms with Crippen LogP contribution in [-0.2, 0) is 14.6 Å². The Morgan fingerprint density at radius 1 is 1.23 bits per heavy atom. The molecule has 2 heterocycles. The van der Waals surface area contributed by atoms with Gasteiger partial charge in [0.1, 0.15) is 0 Å². The van der Waals surface area contributed by atoms with Crippen LogP contribution >= 0.6 is 0 Å². The zero-order chi connectivity index (χ0) is 16.2. The molecule has 7 heteroatoms. The van der Waals surface area contributed by atoms with Crippen LogP contribution in [-0.4, -0.2) is 80.9 Å². The standard InChI is InChI=1S/C15H29N3O3S/c1-13(2)12-22(20,21)10-4-15(19)18-7-3-14(11-18)17-8-5-16-6-9-17/h13-14,16H,3-12H2,1-2H3. The highest BCUT2D eigenvalue weighted by Gasteiger charge is 2.31. The van der Waals surface area contributed by atoms with Gasteiger partial charge in [0.15, 0.2) is 9.84 Å². The maximum atomic E-state index is 12.2. The molecule has 2 aliphatic rings. The van der Waals surface area contributed by atoms with Gasteiger partial charge in [-0.25, -0.2) is 8.42 Å². The van der Waals surface area contributed by atoms with Gasteiger partial charge in [0, 0.05) is 51.7 Å². The number of piperazine rings is 1. The minimum atomic E-state index is -3.11. The van der Waals surface area contributed by atoms with Crippen LogP contribution < -0.4 is 5.32 Å². The van der Waals surface area contributed by atoms with Gasteiger partial charge in [-0.15, -0.1) is 0 Å². The summed E-state index contributed by atoms with van der Waals surface area (Å²) in [6.45, 7) is 9.39. The van der Waals surface area contributed by atoms with Gasteiger partial charge in [-0.2, -0.15) is 0 Å². The predicted octanol–water partition coefficient (Wildman–Crippen LogP) is -0.0466. The van der Waals surface area contributed by atoms with Gasteiger partial charge in [0.05, 0.1) is 11.5 Å². The van der Waals surface area contributed by atoms with Crippen molar-refractivity contribution < 1.29 is 13.2 Å². The monoisotopic (exact) mass is 331 g/mol. The molecular weight excluding hydrogens is 302 g/mol. The number of amides is 1. The number of nitrogens with zero attached hydrogens (tertiary/aromatic N) is 2. The van der Waals surface area contributed by atoms with E-state index in [1.807, 2.05) is 18.7 Å². The van der Waals surface area contributed by atoms with Crippen molar-refractivity contribution in [1.82, 2.24) is 15.1 Å². The van der Waals surface area contributed by atoms with Gasteiger partial charge in [-0.05, 0) is 12.3 Å². The Labute approximate surface area is 134 Å². The molecule has 2 fully saturated rings. The predicted molar refractivity (Wildman–Crippen MR) is 87.5 cm³/mol. The highest BCUT2D eigenvalue weighted by molar-refractivity contribution is 7.91. The Morgan fingerprint density at radius 3 is 2.55 bits per heavy atom. The average molecular weight is 331 g/mol. The van der Waals surface area contributed by atoms with Crippen LogP contribution in [0.5, 0.6) is 0 Å². The molecule has 1 N–H and O–H groups in total. The normalized spacial score (nSPS) is 24.1. The van der Waals surface area contributed by atoms with Gasteiger partial charge in [0.2, 0.25) is 5.91 Å². The molecular formula is C15H29N3O3S. The minimum absolute atomic E-state index is 0.00929. The van der Waals surface area contributed by atoms with Gasteiger partial charge < -0.3 is 10.2 Å². The first-order chi connectivity index (χ1) is 10.4. The van der Waals surface area contributed by atoms with E-state index in [2.05, 4.69) is 10.2 Å². The Bertz CT molecular complexity index is 472. The van der Waals surface area contributed by atoms with Crippen LogP contribution in [0.1, 0.15) is 26.7 Å². The number of hydrogen-bond donors (Lipinski definition) is 1. The lowest BCUT2D eigenvalue weighted by Gasteiger charge is -2.32. The highest BCUT2D eigenvalue weighted by Crippen LogP contribution is 2.17. The third-order valence-electron chi connectivity index (χ3n) is 4.40. The van der Waals surface area contributed by atoms with E-state index in [9.17, 15) is 13.2 Å². The topological polar surface area (TPSA) is 69.7 Å². The van der Waals surface area contributed by atoms with Crippen LogP contribution in [0, 0.1) is 5.92 Å². The van der Waals surface area contributed by atoms with Crippen molar-refractivity contribution in [2.75, 3.05) is 50.8 Å². The number of rotatable bonds is 6. The first-order valence-corrected chi connectivity index (χ1v) is 10.1. The van der Waals surface area contributed by atoms with Crippen LogP contribution in [0.15, 0.2) is 0 Å². The molecule has 22 heavy (non-hydrogen) atoms. The maximum Gasteiger partial charge on any atom is 0.223 e. The summed E-state index contributed by atoms with van der Waals surface area (Å²) < 4.78 is 23.8. The molecule has 1 amide bonds. The smallest absolute Gasteiger partial charge is 0.223 e. The fraction of sp³-hybridized carbons (Fsp3) is 0.933. The van der Waals surface area contributed by atoms with Gasteiger partial charge in [-0.1, -0.05) is 13.8 Å². The van der Waals surface area contributed by atoms with E-state index in [4.69, 9.17) is 0 Å². The quantitative estimate of drug-likeness (QED) is 0.739. The molecule has 0 aliphatic carbocycles. The van der Waals surface area contributed by atoms with E-state index in [0.29, 0.717) is 6.04 Å². The lowest BCUT2D eigenvalue weighted by atomic mass is 10.2. The molecule has 0 saturated carbocycles. The second-order valence-electron chi connectivity index (χ2n) is 6.83. The summed E-state index contributed by atoms with van der Waals surface area (Å²) in [4.78, 5) is 16.5. The summed E-state index contributed by atoms with van der Waals surface area (Å²) in [7, 11) is -3.11. The summed E-state index contributed by atoms with van der Waals surface area (Å²) in [5.74, 6) is 0.261. The lowest BCUT2D eigenvalue weighted by molar-refractivity contribution is -0.129. The van der Waals surface area contributed by atoms with Crippen molar-refractivity contribution in [3.8, 4) is 0 Å². The van der Waals surface area contributed by atoms with E-state index in [1.54, 1.807) is 0 Å². The number of nitrogens with one attached hydrogen (secondary N) is 1. The molecule has 0 bridgehead atoms. The zero-order valence-corrected chi connectivity index (χ0v) is 14.6. The second-order valence-corrected chi connectivity index (χ2v) is 9.06. The van der Waals surface area contributed by atoms with Gasteiger partial charge in [0.25, 0.3) is 0 Å². The first kappa shape index (κ1) is 17.7. The van der Waals surface area contributed by atoms with Crippen LogP contribution in [0.4, 0.5) is 0 Å². The molecule has 0 aromatic rings. The summed E-state index contributed by atoms with van der Waals surface area (Å²) in [6.07, 6.45) is 1.13. The van der Waals surface area contributed by atoms with E-state index < -0.39 is 9.84 Å². The van der Waals surface area contributed by atoms with Crippen LogP contribution in [0.3, 0.4) is 0 Å². The average Bonchev–Trinajstić information content (AvgIpc) is 2.94. The van der Waals surface area contributed by atoms with E-state index in [0.717, 1.165) is 45.7 Å². The summed E-state index contributed by atoms with van der Waals surface area (Å²) in [5, 5.41) is 3.34. The maximum absolute atomic E-state index is 12.2. The summed E-state index contributed by atoms with van der Waals surface area (Å²) >= 11 is 0. The fourth-order valence-electron chi connectivity index (χ4n) is 3.31. The molecule has 2 aliphatic heterocycles. The van der Waals surface area contributed by atoms with E-state index in [1.165, 1.54) is 0 Å². The largest absolute Gasteiger partial charge is 0.341 e. The van der Waals surface area contributed by atoms with Crippen molar-refractivity contribution in [2.45, 2.75) is 32.7 Å². The Balaban J connectivity index is 1.77. The summed E-state index contributed by atoms with van der Waals surface area (Å²) in [6, 6.07) is 0.443. The zero-order valence-electron chi connectivity index (χ0n) is 13.8. The molecule has 6 nitrogen and oxygen atoms in total. The van der Waals surface area contributed by atoms with Crippen LogP contribution in [0.25, 0.3) is 0 Å². The van der Waals surface area contributed by atoms with Crippen molar-refractivity contribution in [1.29, 1.82) is 0 Å². The second kappa shape index (κ2) is 7.75. The molecule has 2 saturated heterocycles. The Hall–Kier alpha value is -0.660. The SMILES string of the molecule is CC(C)CS(=O)(=O)CCC(=O)N1CCC(N2CCNCC2)C1. The lowest BCUT2D eigenvalue weighted by Crippen LogP contribution is -2.49. The Morgan fingerprint density at radius 2 is 1.91 bits per heavy atom. The number of carbonyl (C=O) groups excluding carboxylic acids is 1. The molecule has 0 spiro atoms. The Kier molecular flexibility index (Phi) is 6.23. The van der Waals surface area contributed by atoms with Gasteiger partial charge in [-0.3, -0.25) is 9.69 Å². The number of likely N-dealkylation sites (tertiary alicyclic amines) is 1. The third-order valence-corrected chi connectivity index (χ3v) is 6.40.